The first-order valence-corrected chi connectivity index (χ1v) is 32.2. The summed E-state index contributed by atoms with van der Waals surface area (Å²) in [5, 5.41) is 31.0. The molecule has 13 aromatic rings. The quantitative estimate of drug-likeness (QED) is 0.0444. The Morgan fingerprint density at radius 3 is 1.46 bits per heavy atom. The van der Waals surface area contributed by atoms with Gasteiger partial charge in [-0.1, -0.05) is 177 Å². The lowest BCUT2D eigenvalue weighted by Gasteiger charge is -2.22. The second kappa shape index (κ2) is 27.2. The summed E-state index contributed by atoms with van der Waals surface area (Å²) >= 11 is 2.85. The monoisotopic (exact) mass is 1230 g/mol. The first kappa shape index (κ1) is 60.2. The van der Waals surface area contributed by atoms with Crippen LogP contribution in [0, 0.1) is 22.7 Å². The van der Waals surface area contributed by atoms with Crippen LogP contribution >= 0.6 is 22.7 Å². The molecule has 0 amide bonds. The molecular weight excluding hydrogens is 1170 g/mol. The van der Waals surface area contributed by atoms with E-state index in [9.17, 15) is 20.1 Å². The van der Waals surface area contributed by atoms with Gasteiger partial charge in [-0.15, -0.1) is 22.7 Å². The van der Waals surface area contributed by atoms with Gasteiger partial charge in [0.2, 0.25) is 0 Å². The van der Waals surface area contributed by atoms with Crippen molar-refractivity contribution in [1.82, 2.24) is 29.1 Å². The predicted octanol–water partition coefficient (Wildman–Crippen LogP) is 12.3. The van der Waals surface area contributed by atoms with E-state index in [0.717, 1.165) is 74.1 Å². The summed E-state index contributed by atoms with van der Waals surface area (Å²) in [7, 11) is 2.02. The third kappa shape index (κ3) is 12.2. The Bertz CT molecular complexity index is 4950. The largest absolute Gasteiger partial charge is 0.423 e. The van der Waals surface area contributed by atoms with Gasteiger partial charge in [-0.3, -0.25) is 4.90 Å². The van der Waals surface area contributed by atoms with Crippen LogP contribution in [0.1, 0.15) is 62.6 Å². The third-order valence-corrected chi connectivity index (χ3v) is 18.5. The number of thiazole rings is 2. The van der Waals surface area contributed by atoms with Crippen molar-refractivity contribution in [3.05, 3.63) is 280 Å². The Morgan fingerprint density at radius 2 is 0.978 bits per heavy atom. The SMILES string of the molecule is CCNCc1ccc(C(=O)Oc2ccc(-c3c4/c(=C(\C#N)c5nc6ccccc6s5)n(B(c5ccccc5)c5ccccc5)c(-c5ccc(OC(=O)c6ccc(CN(CC)CC)cc6)cc5)c4/c(=C(\C#N)c4nc5ccccc5s4)n3[B]c3ccccc3)cc2)cc1. The van der Waals surface area contributed by atoms with E-state index in [1.807, 2.05) is 178 Å². The van der Waals surface area contributed by atoms with E-state index in [2.05, 4.69) is 69.4 Å². The number of carbonyl (C=O) groups excluding carboxylic acids is 2. The zero-order valence-corrected chi connectivity index (χ0v) is 52.4. The maximum absolute atomic E-state index is 14.1. The fourth-order valence-corrected chi connectivity index (χ4v) is 13.8. The second-order valence-electron chi connectivity index (χ2n) is 22.1. The Hall–Kier alpha value is -10.7. The minimum absolute atomic E-state index is 0.282. The standard InChI is InChI=1S/C76H59B2N8O4S2/c1-4-81-48-50-30-34-54(35-31-50)75(87)89-59-42-38-52(39-43-59)69-67-68(71(85(69)77-56-20-10-7-11-21-56)61(46-79)73-82-63-26-16-18-28-65(63)91-73)70(53-40-44-60(45-41-53)90-76(88)55-36-32-51(33-37-55)49-84(5-2)6-3)86(78(57-22-12-8-13-23-57)58-24-14-9-15-25-58)72(67)62(47-80)74-83-64-27-17-19-29-66(64)92-74/h7-45,81H,4-6,48-49H2,1-3H3/b71-61-,72-62-. The van der Waals surface area contributed by atoms with E-state index in [4.69, 9.17) is 19.4 Å². The normalized spacial score (nSPS) is 12.0. The van der Waals surface area contributed by atoms with Gasteiger partial charge in [-0.25, -0.2) is 19.6 Å². The number of esters is 2. The fourth-order valence-electron chi connectivity index (χ4n) is 11.8. The molecule has 0 aliphatic carbocycles. The first-order valence-electron chi connectivity index (χ1n) is 30.6. The molecule has 4 heterocycles. The summed E-state index contributed by atoms with van der Waals surface area (Å²) in [4.78, 5) is 40.8. The topological polar surface area (TPSA) is 151 Å². The number of nitrogens with one attached hydrogen (secondary N) is 1. The van der Waals surface area contributed by atoms with Crippen molar-refractivity contribution in [3.8, 4) is 46.2 Å². The summed E-state index contributed by atoms with van der Waals surface area (Å²) in [6.45, 7) is 9.79. The number of ether oxygens (including phenoxy) is 2. The predicted molar refractivity (Wildman–Crippen MR) is 373 cm³/mol. The minimum atomic E-state index is -0.631. The number of benzene rings is 9. The van der Waals surface area contributed by atoms with E-state index in [1.54, 1.807) is 48.5 Å². The molecule has 0 fully saturated rings. The highest BCUT2D eigenvalue weighted by atomic mass is 32.1. The van der Waals surface area contributed by atoms with Gasteiger partial charge in [0.05, 0.1) is 42.3 Å². The number of aromatic nitrogens is 4. The minimum Gasteiger partial charge on any atom is -0.423 e. The van der Waals surface area contributed by atoms with Gasteiger partial charge in [0.15, 0.2) is 0 Å². The second-order valence-corrected chi connectivity index (χ2v) is 24.1. The molecule has 0 aliphatic rings. The van der Waals surface area contributed by atoms with Gasteiger partial charge in [0.25, 0.3) is 7.41 Å². The molecule has 4 aromatic heterocycles. The van der Waals surface area contributed by atoms with Crippen LogP contribution in [-0.2, 0) is 13.1 Å². The van der Waals surface area contributed by atoms with Crippen LogP contribution < -0.4 is 41.9 Å². The summed E-state index contributed by atoms with van der Waals surface area (Å²) in [5.41, 5.74) is 10.3. The lowest BCUT2D eigenvalue weighted by Crippen LogP contribution is -2.53. The van der Waals surface area contributed by atoms with E-state index >= 15 is 0 Å². The fraction of sp³-hybridized carbons (Fsp3) is 0.105. The van der Waals surface area contributed by atoms with Gasteiger partial charge in [0, 0.05) is 35.2 Å². The molecular formula is C76H59B2N8O4S2. The van der Waals surface area contributed by atoms with Crippen LogP contribution in [0.4, 0.5) is 0 Å². The van der Waals surface area contributed by atoms with Crippen molar-refractivity contribution < 1.29 is 19.1 Å². The van der Waals surface area contributed by atoms with Crippen molar-refractivity contribution >= 4 is 108 Å². The molecule has 445 valence electrons. The van der Waals surface area contributed by atoms with Crippen molar-refractivity contribution in [2.75, 3.05) is 19.6 Å². The summed E-state index contributed by atoms with van der Waals surface area (Å²) in [6, 6.07) is 81.3. The third-order valence-electron chi connectivity index (χ3n) is 16.4. The molecule has 12 nitrogen and oxygen atoms in total. The van der Waals surface area contributed by atoms with Gasteiger partial charge < -0.3 is 23.7 Å². The molecule has 0 spiro atoms. The lowest BCUT2D eigenvalue weighted by atomic mass is 9.50. The number of nitrogens with zero attached hydrogens (tertiary/aromatic N) is 7. The molecule has 0 saturated carbocycles. The van der Waals surface area contributed by atoms with Gasteiger partial charge >= 0.3 is 18.8 Å². The van der Waals surface area contributed by atoms with Crippen LogP contribution in [0.3, 0.4) is 0 Å². The number of carbonyl (C=O) groups is 2. The molecule has 0 bridgehead atoms. The Kier molecular flexibility index (Phi) is 17.8. The van der Waals surface area contributed by atoms with Crippen LogP contribution in [0.25, 0.3) is 64.9 Å². The Balaban J connectivity index is 1.14. The maximum atomic E-state index is 14.1. The number of nitriles is 2. The first-order chi connectivity index (χ1) is 45.2. The van der Waals surface area contributed by atoms with Gasteiger partial charge in [-0.2, -0.15) is 10.5 Å². The highest BCUT2D eigenvalue weighted by Gasteiger charge is 2.35. The van der Waals surface area contributed by atoms with Gasteiger partial charge in [-0.05, 0) is 139 Å². The molecule has 16 heteroatoms. The number of para-hydroxylation sites is 2. The Labute approximate surface area is 542 Å². The molecule has 0 unspecified atom stereocenters. The molecule has 1 radical (unpaired) electrons. The zero-order valence-electron chi connectivity index (χ0n) is 50.8. The lowest BCUT2D eigenvalue weighted by molar-refractivity contribution is 0.0725. The summed E-state index contributed by atoms with van der Waals surface area (Å²) in [6.07, 6.45) is 0. The van der Waals surface area contributed by atoms with Crippen LogP contribution in [0.5, 0.6) is 11.5 Å². The molecule has 0 aliphatic heterocycles. The number of hydrogen-bond acceptors (Lipinski definition) is 12. The maximum Gasteiger partial charge on any atom is 0.343 e. The molecule has 1 N–H and O–H groups in total. The molecule has 0 saturated heterocycles. The number of hydrogen-bond donors (Lipinski definition) is 1. The summed E-state index contributed by atoms with van der Waals surface area (Å²) < 4.78 is 18.4. The van der Waals surface area contributed by atoms with Crippen molar-refractivity contribution in [2.45, 2.75) is 33.9 Å². The molecule has 92 heavy (non-hydrogen) atoms. The van der Waals surface area contributed by atoms with Gasteiger partial charge in [0.1, 0.15) is 44.8 Å². The van der Waals surface area contributed by atoms with Crippen LogP contribution in [-0.4, -0.2) is 69.7 Å². The highest BCUT2D eigenvalue weighted by Crippen LogP contribution is 2.39. The zero-order chi connectivity index (χ0) is 63.1. The number of rotatable bonds is 20. The summed E-state index contributed by atoms with van der Waals surface area (Å²) in [5.74, 6) is -0.380. The Morgan fingerprint density at radius 1 is 0.533 bits per heavy atom. The van der Waals surface area contributed by atoms with E-state index in [1.165, 1.54) is 22.7 Å². The van der Waals surface area contributed by atoms with Crippen molar-refractivity contribution in [1.29, 1.82) is 10.5 Å². The smallest absolute Gasteiger partial charge is 0.343 e. The highest BCUT2D eigenvalue weighted by molar-refractivity contribution is 7.20. The van der Waals surface area contributed by atoms with Crippen molar-refractivity contribution in [2.24, 2.45) is 0 Å². The molecule has 9 aromatic carbocycles. The van der Waals surface area contributed by atoms with E-state index < -0.39 is 18.8 Å². The molecule has 0 atom stereocenters. The van der Waals surface area contributed by atoms with Crippen LogP contribution in [0.15, 0.2) is 237 Å². The number of fused-ring (bicyclic) bond motifs is 3. The van der Waals surface area contributed by atoms with E-state index in [-0.39, 0.29) is 11.1 Å². The average Bonchev–Trinajstić information content (AvgIpc) is 1.53. The van der Waals surface area contributed by atoms with E-state index in [0.29, 0.717) is 83.2 Å². The molecule has 13 rings (SSSR count). The average molecular weight is 1230 g/mol. The van der Waals surface area contributed by atoms with Crippen molar-refractivity contribution in [3.63, 3.8) is 0 Å². The van der Waals surface area contributed by atoms with Crippen LogP contribution in [0.2, 0.25) is 0 Å².